The fraction of sp³-hybridized carbons (Fsp3) is 0.333. The predicted octanol–water partition coefficient (Wildman–Crippen LogP) is 3.42. The summed E-state index contributed by atoms with van der Waals surface area (Å²) in [6, 6.07) is 9.65. The molecule has 0 radical (unpaired) electrons. The molecule has 0 spiro atoms. The SMILES string of the molecule is Cc1occc1C(N)c1ccc(OC(C)C)cc1. The zero-order valence-electron chi connectivity index (χ0n) is 11.0. The lowest BCUT2D eigenvalue weighted by Crippen LogP contribution is -2.12. The minimum absolute atomic E-state index is 0.156. The van der Waals surface area contributed by atoms with Crippen molar-refractivity contribution >= 4 is 0 Å². The van der Waals surface area contributed by atoms with Crippen LogP contribution >= 0.6 is 0 Å². The van der Waals surface area contributed by atoms with E-state index in [2.05, 4.69) is 0 Å². The third-order valence-corrected chi connectivity index (χ3v) is 2.85. The van der Waals surface area contributed by atoms with Crippen LogP contribution in [0.5, 0.6) is 5.75 Å². The summed E-state index contributed by atoms with van der Waals surface area (Å²) in [6.07, 6.45) is 1.85. The van der Waals surface area contributed by atoms with Gasteiger partial charge >= 0.3 is 0 Å². The fourth-order valence-corrected chi connectivity index (χ4v) is 1.92. The van der Waals surface area contributed by atoms with E-state index in [-0.39, 0.29) is 12.1 Å². The largest absolute Gasteiger partial charge is 0.491 e. The highest BCUT2D eigenvalue weighted by atomic mass is 16.5. The third-order valence-electron chi connectivity index (χ3n) is 2.85. The van der Waals surface area contributed by atoms with Crippen molar-refractivity contribution in [3.8, 4) is 5.75 Å². The number of rotatable bonds is 4. The van der Waals surface area contributed by atoms with Crippen molar-refractivity contribution in [2.45, 2.75) is 32.9 Å². The number of benzene rings is 1. The number of hydrogen-bond acceptors (Lipinski definition) is 3. The molecule has 0 saturated heterocycles. The summed E-state index contributed by atoms with van der Waals surface area (Å²) < 4.78 is 10.9. The standard InChI is InChI=1S/C15H19NO2/c1-10(2)18-13-6-4-12(5-7-13)15(16)14-8-9-17-11(14)3/h4-10,15H,16H2,1-3H3. The Morgan fingerprint density at radius 3 is 2.28 bits per heavy atom. The molecule has 18 heavy (non-hydrogen) atoms. The van der Waals surface area contributed by atoms with Gasteiger partial charge in [-0.1, -0.05) is 12.1 Å². The summed E-state index contributed by atoms with van der Waals surface area (Å²) in [5, 5.41) is 0. The first-order valence-corrected chi connectivity index (χ1v) is 6.14. The van der Waals surface area contributed by atoms with Crippen LogP contribution in [0.2, 0.25) is 0 Å². The molecule has 0 fully saturated rings. The molecule has 1 heterocycles. The predicted molar refractivity (Wildman–Crippen MR) is 71.7 cm³/mol. The molecule has 0 aliphatic rings. The Kier molecular flexibility index (Phi) is 3.72. The lowest BCUT2D eigenvalue weighted by Gasteiger charge is -2.13. The van der Waals surface area contributed by atoms with Gasteiger partial charge in [0.2, 0.25) is 0 Å². The Morgan fingerprint density at radius 1 is 1.11 bits per heavy atom. The molecule has 3 heteroatoms. The van der Waals surface area contributed by atoms with Gasteiger partial charge in [0.05, 0.1) is 18.4 Å². The summed E-state index contributed by atoms with van der Waals surface area (Å²) in [6.45, 7) is 5.94. The van der Waals surface area contributed by atoms with Crippen molar-refractivity contribution in [3.05, 3.63) is 53.5 Å². The molecule has 0 aliphatic heterocycles. The highest BCUT2D eigenvalue weighted by Gasteiger charge is 2.13. The Hall–Kier alpha value is -1.74. The number of aryl methyl sites for hydroxylation is 1. The number of nitrogens with two attached hydrogens (primary N) is 1. The van der Waals surface area contributed by atoms with Crippen molar-refractivity contribution < 1.29 is 9.15 Å². The normalized spacial score (nSPS) is 12.7. The second-order valence-electron chi connectivity index (χ2n) is 4.65. The lowest BCUT2D eigenvalue weighted by atomic mass is 10.0. The molecule has 1 atom stereocenters. The maximum Gasteiger partial charge on any atom is 0.119 e. The first kappa shape index (κ1) is 12.7. The third kappa shape index (κ3) is 2.74. The summed E-state index contributed by atoms with van der Waals surface area (Å²) in [7, 11) is 0. The van der Waals surface area contributed by atoms with Gasteiger partial charge in [-0.25, -0.2) is 0 Å². The smallest absolute Gasteiger partial charge is 0.119 e. The molecular formula is C15H19NO2. The highest BCUT2D eigenvalue weighted by Crippen LogP contribution is 2.25. The average Bonchev–Trinajstić information content (AvgIpc) is 2.75. The van der Waals surface area contributed by atoms with E-state index in [4.69, 9.17) is 14.9 Å². The molecule has 0 amide bonds. The van der Waals surface area contributed by atoms with E-state index >= 15 is 0 Å². The maximum atomic E-state index is 6.21. The van der Waals surface area contributed by atoms with Crippen molar-refractivity contribution in [1.29, 1.82) is 0 Å². The van der Waals surface area contributed by atoms with Gasteiger partial charge < -0.3 is 14.9 Å². The van der Waals surface area contributed by atoms with Crippen molar-refractivity contribution in [2.75, 3.05) is 0 Å². The monoisotopic (exact) mass is 245 g/mol. The molecule has 0 saturated carbocycles. The van der Waals surface area contributed by atoms with Crippen LogP contribution in [0.1, 0.15) is 36.8 Å². The van der Waals surface area contributed by atoms with Gasteiger partial charge in [-0.3, -0.25) is 0 Å². The van der Waals surface area contributed by atoms with E-state index in [1.807, 2.05) is 51.1 Å². The van der Waals surface area contributed by atoms with Gasteiger partial charge in [0.15, 0.2) is 0 Å². The summed E-state index contributed by atoms with van der Waals surface area (Å²) >= 11 is 0. The molecular weight excluding hydrogens is 226 g/mol. The maximum absolute atomic E-state index is 6.21. The van der Waals surface area contributed by atoms with Gasteiger partial charge in [-0.15, -0.1) is 0 Å². The molecule has 3 nitrogen and oxygen atoms in total. The number of hydrogen-bond donors (Lipinski definition) is 1. The minimum Gasteiger partial charge on any atom is -0.491 e. The summed E-state index contributed by atoms with van der Waals surface area (Å²) in [5.74, 6) is 1.73. The van der Waals surface area contributed by atoms with Crippen LogP contribution in [0.3, 0.4) is 0 Å². The Bertz CT molecular complexity index is 499. The number of furan rings is 1. The number of ether oxygens (including phenoxy) is 1. The van der Waals surface area contributed by atoms with Crippen LogP contribution in [-0.4, -0.2) is 6.10 Å². The second kappa shape index (κ2) is 5.27. The molecule has 2 aromatic rings. The van der Waals surface area contributed by atoms with Crippen LogP contribution in [0, 0.1) is 6.92 Å². The zero-order chi connectivity index (χ0) is 13.1. The van der Waals surface area contributed by atoms with Gasteiger partial charge in [-0.05, 0) is 44.5 Å². The average molecular weight is 245 g/mol. The molecule has 1 unspecified atom stereocenters. The van der Waals surface area contributed by atoms with E-state index in [1.165, 1.54) is 0 Å². The Labute approximate surface area is 108 Å². The van der Waals surface area contributed by atoms with E-state index in [1.54, 1.807) is 6.26 Å². The molecule has 0 aliphatic carbocycles. The molecule has 1 aromatic carbocycles. The molecule has 96 valence electrons. The zero-order valence-corrected chi connectivity index (χ0v) is 11.0. The van der Waals surface area contributed by atoms with E-state index in [9.17, 15) is 0 Å². The minimum atomic E-state index is -0.156. The van der Waals surface area contributed by atoms with Crippen LogP contribution in [0.15, 0.2) is 41.0 Å². The van der Waals surface area contributed by atoms with Crippen LogP contribution in [-0.2, 0) is 0 Å². The van der Waals surface area contributed by atoms with Crippen LogP contribution in [0.25, 0.3) is 0 Å². The van der Waals surface area contributed by atoms with Crippen molar-refractivity contribution in [3.63, 3.8) is 0 Å². The highest BCUT2D eigenvalue weighted by molar-refractivity contribution is 5.35. The Morgan fingerprint density at radius 2 is 1.78 bits per heavy atom. The van der Waals surface area contributed by atoms with Gasteiger partial charge in [0.25, 0.3) is 0 Å². The summed E-state index contributed by atoms with van der Waals surface area (Å²) in [5.41, 5.74) is 8.28. The second-order valence-corrected chi connectivity index (χ2v) is 4.65. The van der Waals surface area contributed by atoms with Gasteiger partial charge in [0.1, 0.15) is 11.5 Å². The van der Waals surface area contributed by atoms with Crippen molar-refractivity contribution in [1.82, 2.24) is 0 Å². The van der Waals surface area contributed by atoms with Gasteiger partial charge in [0, 0.05) is 5.56 Å². The van der Waals surface area contributed by atoms with Gasteiger partial charge in [-0.2, -0.15) is 0 Å². The fourth-order valence-electron chi connectivity index (χ4n) is 1.92. The van der Waals surface area contributed by atoms with Crippen molar-refractivity contribution in [2.24, 2.45) is 5.73 Å². The van der Waals surface area contributed by atoms with Crippen LogP contribution < -0.4 is 10.5 Å². The molecule has 2 N–H and O–H groups in total. The topological polar surface area (TPSA) is 48.4 Å². The Balaban J connectivity index is 2.17. The van der Waals surface area contributed by atoms with E-state index < -0.39 is 0 Å². The first-order valence-electron chi connectivity index (χ1n) is 6.14. The first-order chi connectivity index (χ1) is 8.58. The molecule has 1 aromatic heterocycles. The molecule has 0 bridgehead atoms. The van der Waals surface area contributed by atoms with E-state index in [0.29, 0.717) is 0 Å². The quantitative estimate of drug-likeness (QED) is 0.897. The summed E-state index contributed by atoms with van der Waals surface area (Å²) in [4.78, 5) is 0. The van der Waals surface area contributed by atoms with Crippen LogP contribution in [0.4, 0.5) is 0 Å². The lowest BCUT2D eigenvalue weighted by molar-refractivity contribution is 0.242. The molecule has 2 rings (SSSR count). The van der Waals surface area contributed by atoms with E-state index in [0.717, 1.165) is 22.6 Å².